The molecule has 0 amide bonds. The van der Waals surface area contributed by atoms with E-state index in [2.05, 4.69) is 67.1 Å². The molecule has 0 fully saturated rings. The molecular weight excluding hydrogens is 316 g/mol. The summed E-state index contributed by atoms with van der Waals surface area (Å²) in [6.07, 6.45) is 3.64. The van der Waals surface area contributed by atoms with Crippen LogP contribution in [-0.2, 0) is 12.0 Å². The zero-order chi connectivity index (χ0) is 18.2. The molecule has 7 heteroatoms. The molecule has 3 heterocycles. The van der Waals surface area contributed by atoms with Gasteiger partial charge in [-0.15, -0.1) is 10.2 Å². The first-order valence-electron chi connectivity index (χ1n) is 8.74. The van der Waals surface area contributed by atoms with Gasteiger partial charge >= 0.3 is 0 Å². The topological polar surface area (TPSA) is 81.7 Å². The van der Waals surface area contributed by atoms with E-state index in [-0.39, 0.29) is 5.41 Å². The Morgan fingerprint density at radius 1 is 1.20 bits per heavy atom. The highest BCUT2D eigenvalue weighted by Gasteiger charge is 2.24. The highest BCUT2D eigenvalue weighted by atomic mass is 16.4. The summed E-state index contributed by atoms with van der Waals surface area (Å²) in [5.74, 6) is 1.60. The third-order valence-electron chi connectivity index (χ3n) is 3.95. The van der Waals surface area contributed by atoms with Crippen LogP contribution in [0.4, 0.5) is 5.69 Å². The first-order chi connectivity index (χ1) is 11.8. The summed E-state index contributed by atoms with van der Waals surface area (Å²) in [5.41, 5.74) is 2.42. The van der Waals surface area contributed by atoms with Gasteiger partial charge in [-0.25, -0.2) is 9.67 Å². The van der Waals surface area contributed by atoms with Gasteiger partial charge in [0.05, 0.1) is 22.8 Å². The number of nitrogens with zero attached hydrogens (tertiary/aromatic N) is 5. The SMILES string of the molecule is CCn1ncc2c(NCC(C)C)c(-c3nnc(C(C)(C)C)o3)cnc21. The van der Waals surface area contributed by atoms with Crippen molar-refractivity contribution in [3.05, 3.63) is 18.3 Å². The molecule has 7 nitrogen and oxygen atoms in total. The van der Waals surface area contributed by atoms with Gasteiger partial charge in [-0.1, -0.05) is 34.6 Å². The number of rotatable bonds is 5. The molecule has 134 valence electrons. The van der Waals surface area contributed by atoms with E-state index in [4.69, 9.17) is 4.42 Å². The number of hydrogen-bond donors (Lipinski definition) is 1. The molecule has 0 aliphatic rings. The lowest BCUT2D eigenvalue weighted by atomic mass is 9.97. The van der Waals surface area contributed by atoms with Gasteiger partial charge in [0.1, 0.15) is 0 Å². The molecular formula is C18H26N6O. The van der Waals surface area contributed by atoms with E-state index >= 15 is 0 Å². The van der Waals surface area contributed by atoms with E-state index in [0.29, 0.717) is 17.7 Å². The van der Waals surface area contributed by atoms with E-state index in [9.17, 15) is 0 Å². The molecule has 0 aliphatic carbocycles. The van der Waals surface area contributed by atoms with Crippen LogP contribution in [0.2, 0.25) is 0 Å². The Balaban J connectivity index is 2.13. The van der Waals surface area contributed by atoms with E-state index in [1.54, 1.807) is 6.20 Å². The molecule has 1 N–H and O–H groups in total. The minimum Gasteiger partial charge on any atom is -0.420 e. The summed E-state index contributed by atoms with van der Waals surface area (Å²) in [7, 11) is 0. The van der Waals surface area contributed by atoms with Crippen molar-refractivity contribution in [2.75, 3.05) is 11.9 Å². The molecule has 3 aromatic heterocycles. The number of aromatic nitrogens is 5. The van der Waals surface area contributed by atoms with Crippen molar-refractivity contribution in [2.45, 2.75) is 53.5 Å². The third kappa shape index (κ3) is 3.36. The van der Waals surface area contributed by atoms with E-state index in [1.807, 2.05) is 10.9 Å². The Labute approximate surface area is 147 Å². The highest BCUT2D eigenvalue weighted by molar-refractivity contribution is 5.96. The van der Waals surface area contributed by atoms with Gasteiger partial charge in [0.2, 0.25) is 5.89 Å². The molecule has 0 saturated heterocycles. The van der Waals surface area contributed by atoms with Crippen LogP contribution in [-0.4, -0.2) is 31.5 Å². The quantitative estimate of drug-likeness (QED) is 0.758. The maximum atomic E-state index is 5.93. The van der Waals surface area contributed by atoms with Crippen LogP contribution in [0, 0.1) is 5.92 Å². The summed E-state index contributed by atoms with van der Waals surface area (Å²) in [6.45, 7) is 14.2. The summed E-state index contributed by atoms with van der Waals surface area (Å²) in [4.78, 5) is 4.58. The summed E-state index contributed by atoms with van der Waals surface area (Å²) >= 11 is 0. The average Bonchev–Trinajstić information content (AvgIpc) is 3.18. The number of anilines is 1. The third-order valence-corrected chi connectivity index (χ3v) is 3.95. The fourth-order valence-corrected chi connectivity index (χ4v) is 2.55. The zero-order valence-electron chi connectivity index (χ0n) is 15.8. The normalized spacial score (nSPS) is 12.3. The predicted octanol–water partition coefficient (Wildman–Crippen LogP) is 3.87. The predicted molar refractivity (Wildman–Crippen MR) is 98.5 cm³/mol. The number of nitrogens with one attached hydrogen (secondary N) is 1. The van der Waals surface area contributed by atoms with Gasteiger partial charge in [0.15, 0.2) is 5.65 Å². The summed E-state index contributed by atoms with van der Waals surface area (Å²) in [6, 6.07) is 0. The number of hydrogen-bond acceptors (Lipinski definition) is 6. The number of pyridine rings is 1. The minimum atomic E-state index is -0.193. The monoisotopic (exact) mass is 342 g/mol. The van der Waals surface area contributed by atoms with Crippen molar-refractivity contribution < 1.29 is 4.42 Å². The van der Waals surface area contributed by atoms with E-state index in [0.717, 1.165) is 35.4 Å². The lowest BCUT2D eigenvalue weighted by Crippen LogP contribution is -2.11. The Kier molecular flexibility index (Phi) is 4.49. The highest BCUT2D eigenvalue weighted by Crippen LogP contribution is 2.34. The maximum Gasteiger partial charge on any atom is 0.251 e. The second kappa shape index (κ2) is 6.46. The second-order valence-corrected chi connectivity index (χ2v) is 7.68. The molecule has 0 atom stereocenters. The molecule has 0 spiro atoms. The van der Waals surface area contributed by atoms with Crippen molar-refractivity contribution >= 4 is 16.7 Å². The van der Waals surface area contributed by atoms with Gasteiger partial charge in [-0.2, -0.15) is 5.10 Å². The average molecular weight is 342 g/mol. The number of fused-ring (bicyclic) bond motifs is 1. The second-order valence-electron chi connectivity index (χ2n) is 7.68. The van der Waals surface area contributed by atoms with Crippen molar-refractivity contribution in [1.29, 1.82) is 0 Å². The van der Waals surface area contributed by atoms with Crippen LogP contribution in [0.1, 0.15) is 47.4 Å². The molecule has 0 aromatic carbocycles. The Morgan fingerprint density at radius 3 is 2.56 bits per heavy atom. The van der Waals surface area contributed by atoms with E-state index in [1.165, 1.54) is 0 Å². The smallest absolute Gasteiger partial charge is 0.251 e. The van der Waals surface area contributed by atoms with E-state index < -0.39 is 0 Å². The zero-order valence-corrected chi connectivity index (χ0v) is 15.8. The lowest BCUT2D eigenvalue weighted by Gasteiger charge is -2.14. The van der Waals surface area contributed by atoms with Crippen LogP contribution < -0.4 is 5.32 Å². The minimum absolute atomic E-state index is 0.193. The maximum absolute atomic E-state index is 5.93. The fraction of sp³-hybridized carbons (Fsp3) is 0.556. The van der Waals surface area contributed by atoms with Gasteiger partial charge in [-0.3, -0.25) is 0 Å². The van der Waals surface area contributed by atoms with Crippen LogP contribution in [0.3, 0.4) is 0 Å². The van der Waals surface area contributed by atoms with Crippen LogP contribution in [0.15, 0.2) is 16.8 Å². The standard InChI is InChI=1S/C18H26N6O/c1-7-24-15-12(10-21-24)14(19-8-11(2)3)13(9-20-15)16-22-23-17(25-16)18(4,5)6/h9-11H,7-8H2,1-6H3,(H,19,20). The molecule has 0 bridgehead atoms. The van der Waals surface area contributed by atoms with Crippen molar-refractivity contribution in [3.8, 4) is 11.5 Å². The lowest BCUT2D eigenvalue weighted by molar-refractivity contribution is 0.399. The fourth-order valence-electron chi connectivity index (χ4n) is 2.55. The van der Waals surface area contributed by atoms with Gasteiger partial charge in [0, 0.05) is 24.7 Å². The largest absolute Gasteiger partial charge is 0.420 e. The van der Waals surface area contributed by atoms with Gasteiger partial charge in [0.25, 0.3) is 5.89 Å². The molecule has 0 aliphatic heterocycles. The van der Waals surface area contributed by atoms with Crippen molar-refractivity contribution in [3.63, 3.8) is 0 Å². The van der Waals surface area contributed by atoms with Crippen LogP contribution in [0.25, 0.3) is 22.5 Å². The summed E-state index contributed by atoms with van der Waals surface area (Å²) in [5, 5.41) is 17.4. The Bertz CT molecular complexity index is 871. The van der Waals surface area contributed by atoms with Crippen molar-refractivity contribution in [1.82, 2.24) is 25.0 Å². The van der Waals surface area contributed by atoms with Crippen molar-refractivity contribution in [2.24, 2.45) is 5.92 Å². The first-order valence-corrected chi connectivity index (χ1v) is 8.74. The molecule has 3 aromatic rings. The van der Waals surface area contributed by atoms with Gasteiger partial charge < -0.3 is 9.73 Å². The first kappa shape index (κ1) is 17.4. The summed E-state index contributed by atoms with van der Waals surface area (Å²) < 4.78 is 7.82. The van der Waals surface area contributed by atoms with Crippen LogP contribution in [0.5, 0.6) is 0 Å². The molecule has 0 radical (unpaired) electrons. The Hall–Kier alpha value is -2.44. The number of aryl methyl sites for hydroxylation is 1. The molecule has 0 unspecified atom stereocenters. The van der Waals surface area contributed by atoms with Gasteiger partial charge in [-0.05, 0) is 12.8 Å². The molecule has 0 saturated carbocycles. The van der Waals surface area contributed by atoms with Crippen LogP contribution >= 0.6 is 0 Å². The molecule has 3 rings (SSSR count). The molecule has 25 heavy (non-hydrogen) atoms. The Morgan fingerprint density at radius 2 is 1.96 bits per heavy atom.